The number of amides is 1. The van der Waals surface area contributed by atoms with Crippen molar-refractivity contribution in [3.63, 3.8) is 0 Å². The molecule has 1 aliphatic rings. The molecule has 3 aromatic rings. The molecule has 1 amide bonds. The van der Waals surface area contributed by atoms with Gasteiger partial charge in [0, 0.05) is 18.5 Å². The average Bonchev–Trinajstić information content (AvgIpc) is 3.34. The third-order valence-electron chi connectivity index (χ3n) is 5.02. The molecule has 5 nitrogen and oxygen atoms in total. The first-order valence-electron chi connectivity index (χ1n) is 9.14. The van der Waals surface area contributed by atoms with E-state index in [-0.39, 0.29) is 11.9 Å². The Hall–Kier alpha value is -2.66. The Morgan fingerprint density at radius 3 is 2.77 bits per heavy atom. The summed E-state index contributed by atoms with van der Waals surface area (Å²) in [4.78, 5) is 15.1. The van der Waals surface area contributed by atoms with Crippen LogP contribution in [0.15, 0.2) is 54.6 Å². The van der Waals surface area contributed by atoms with Gasteiger partial charge in [0.2, 0.25) is 5.91 Å². The number of carbonyl (C=O) groups excluding carboxylic acids is 1. The molecule has 0 saturated carbocycles. The summed E-state index contributed by atoms with van der Waals surface area (Å²) in [7, 11) is 0. The number of aromatic nitrogens is 2. The highest BCUT2D eigenvalue weighted by atomic mass is 16.5. The molecule has 134 valence electrons. The summed E-state index contributed by atoms with van der Waals surface area (Å²) in [5.74, 6) is 0.130. The van der Waals surface area contributed by atoms with Crippen LogP contribution in [0.3, 0.4) is 0 Å². The van der Waals surface area contributed by atoms with Gasteiger partial charge in [-0.15, -0.1) is 0 Å². The molecule has 1 atom stereocenters. The van der Waals surface area contributed by atoms with Gasteiger partial charge in [-0.25, -0.2) is 0 Å². The van der Waals surface area contributed by atoms with E-state index in [4.69, 9.17) is 4.74 Å². The number of hydrogen-bond donors (Lipinski definition) is 1. The topological polar surface area (TPSA) is 58.2 Å². The van der Waals surface area contributed by atoms with Crippen molar-refractivity contribution < 1.29 is 9.53 Å². The van der Waals surface area contributed by atoms with Crippen molar-refractivity contribution in [3.05, 3.63) is 65.9 Å². The van der Waals surface area contributed by atoms with Gasteiger partial charge in [-0.3, -0.25) is 9.89 Å². The van der Waals surface area contributed by atoms with Crippen LogP contribution in [0.2, 0.25) is 0 Å². The number of H-pyrrole nitrogens is 1. The number of aromatic amines is 1. The highest BCUT2D eigenvalue weighted by Crippen LogP contribution is 2.19. The monoisotopic (exact) mass is 349 g/mol. The zero-order valence-corrected chi connectivity index (χ0v) is 14.7. The normalized spacial score (nSPS) is 16.8. The molecule has 1 aromatic heterocycles. The fraction of sp³-hybridized carbons (Fsp3) is 0.333. The van der Waals surface area contributed by atoms with Gasteiger partial charge in [0.25, 0.3) is 0 Å². The number of fused-ring (bicyclic) bond motifs is 1. The minimum Gasteiger partial charge on any atom is -0.379 e. The van der Waals surface area contributed by atoms with E-state index in [1.807, 2.05) is 47.4 Å². The smallest absolute Gasteiger partial charge is 0.228 e. The Labute approximate surface area is 153 Å². The van der Waals surface area contributed by atoms with Crippen LogP contribution in [-0.2, 0) is 22.4 Å². The molecule has 5 heteroatoms. The summed E-state index contributed by atoms with van der Waals surface area (Å²) in [5, 5.41) is 8.36. The van der Waals surface area contributed by atoms with Gasteiger partial charge in [0.05, 0.1) is 30.3 Å². The van der Waals surface area contributed by atoms with E-state index in [0.29, 0.717) is 19.6 Å². The molecule has 0 bridgehead atoms. The molecule has 1 saturated heterocycles. The third kappa shape index (κ3) is 3.63. The summed E-state index contributed by atoms with van der Waals surface area (Å²) in [6.07, 6.45) is 2.10. The van der Waals surface area contributed by atoms with Crippen LogP contribution < -0.4 is 0 Å². The lowest BCUT2D eigenvalue weighted by molar-refractivity contribution is -0.132. The minimum atomic E-state index is 0.130. The summed E-state index contributed by atoms with van der Waals surface area (Å²) < 4.78 is 5.53. The fourth-order valence-corrected chi connectivity index (χ4v) is 3.57. The lowest BCUT2D eigenvalue weighted by Gasteiger charge is -2.28. The van der Waals surface area contributed by atoms with Crippen LogP contribution in [0.25, 0.3) is 10.9 Å². The first-order chi connectivity index (χ1) is 12.8. The molecule has 1 aliphatic heterocycles. The molecule has 0 spiro atoms. The minimum absolute atomic E-state index is 0.130. The molecule has 0 unspecified atom stereocenters. The van der Waals surface area contributed by atoms with E-state index in [2.05, 4.69) is 22.3 Å². The van der Waals surface area contributed by atoms with Gasteiger partial charge >= 0.3 is 0 Å². The molecule has 0 aliphatic carbocycles. The van der Waals surface area contributed by atoms with E-state index >= 15 is 0 Å². The number of carbonyl (C=O) groups is 1. The Morgan fingerprint density at radius 2 is 1.96 bits per heavy atom. The standard InChI is InChI=1S/C21H23N3O2/c25-21(14-20-18-8-4-5-9-19(18)22-23-20)24(17-11-13-26-15-17)12-10-16-6-2-1-3-7-16/h1-9,17H,10-15H2,(H,22,23)/t17-/m1/s1. The van der Waals surface area contributed by atoms with E-state index in [1.165, 1.54) is 5.56 Å². The van der Waals surface area contributed by atoms with Crippen molar-refractivity contribution in [2.24, 2.45) is 0 Å². The van der Waals surface area contributed by atoms with Gasteiger partial charge < -0.3 is 9.64 Å². The van der Waals surface area contributed by atoms with Gasteiger partial charge in [0.1, 0.15) is 0 Å². The Balaban J connectivity index is 1.50. The predicted molar refractivity (Wildman–Crippen MR) is 101 cm³/mol. The van der Waals surface area contributed by atoms with Crippen LogP contribution in [0.1, 0.15) is 17.7 Å². The van der Waals surface area contributed by atoms with E-state index in [0.717, 1.165) is 36.0 Å². The van der Waals surface area contributed by atoms with Crippen LogP contribution in [-0.4, -0.2) is 46.8 Å². The highest BCUT2D eigenvalue weighted by Gasteiger charge is 2.27. The molecule has 1 N–H and O–H groups in total. The van der Waals surface area contributed by atoms with Crippen molar-refractivity contribution >= 4 is 16.8 Å². The van der Waals surface area contributed by atoms with Crippen LogP contribution in [0.4, 0.5) is 0 Å². The molecular weight excluding hydrogens is 326 g/mol. The third-order valence-corrected chi connectivity index (χ3v) is 5.02. The Kier molecular flexibility index (Phi) is 4.97. The molecule has 1 fully saturated rings. The number of benzene rings is 2. The first-order valence-corrected chi connectivity index (χ1v) is 9.14. The number of rotatable bonds is 6. The highest BCUT2D eigenvalue weighted by molar-refractivity contribution is 5.87. The van der Waals surface area contributed by atoms with E-state index in [1.54, 1.807) is 0 Å². The predicted octanol–water partition coefficient (Wildman–Crippen LogP) is 2.97. The van der Waals surface area contributed by atoms with Crippen molar-refractivity contribution in [1.29, 1.82) is 0 Å². The second-order valence-corrected chi connectivity index (χ2v) is 6.74. The average molecular weight is 349 g/mol. The van der Waals surface area contributed by atoms with Crippen molar-refractivity contribution in [2.45, 2.75) is 25.3 Å². The molecule has 2 aromatic carbocycles. The van der Waals surface area contributed by atoms with Gasteiger partial charge in [0.15, 0.2) is 0 Å². The summed E-state index contributed by atoms with van der Waals surface area (Å²) in [6, 6.07) is 18.4. The van der Waals surface area contributed by atoms with Crippen LogP contribution >= 0.6 is 0 Å². The molecule has 26 heavy (non-hydrogen) atoms. The lowest BCUT2D eigenvalue weighted by Crippen LogP contribution is -2.43. The number of para-hydroxylation sites is 1. The van der Waals surface area contributed by atoms with Crippen molar-refractivity contribution in [1.82, 2.24) is 15.1 Å². The van der Waals surface area contributed by atoms with Gasteiger partial charge in [-0.1, -0.05) is 48.5 Å². The molecule has 4 rings (SSSR count). The lowest BCUT2D eigenvalue weighted by atomic mass is 10.1. The second kappa shape index (κ2) is 7.70. The van der Waals surface area contributed by atoms with Gasteiger partial charge in [-0.05, 0) is 24.5 Å². The SMILES string of the molecule is O=C(Cc1[nH]nc2ccccc12)N(CCc1ccccc1)[C@@H]1CCOC1. The Morgan fingerprint density at radius 1 is 1.15 bits per heavy atom. The molecular formula is C21H23N3O2. The van der Waals surface area contributed by atoms with Crippen LogP contribution in [0.5, 0.6) is 0 Å². The number of nitrogens with zero attached hydrogens (tertiary/aromatic N) is 2. The first kappa shape index (κ1) is 16.8. The van der Waals surface area contributed by atoms with Crippen LogP contribution in [0, 0.1) is 0 Å². The molecule has 0 radical (unpaired) electrons. The zero-order valence-electron chi connectivity index (χ0n) is 14.7. The summed E-state index contributed by atoms with van der Waals surface area (Å²) >= 11 is 0. The molecule has 2 heterocycles. The maximum absolute atomic E-state index is 13.1. The van der Waals surface area contributed by atoms with Crippen molar-refractivity contribution in [2.75, 3.05) is 19.8 Å². The zero-order chi connectivity index (χ0) is 17.8. The second-order valence-electron chi connectivity index (χ2n) is 6.74. The number of ether oxygens (including phenoxy) is 1. The maximum Gasteiger partial charge on any atom is 0.228 e. The van der Waals surface area contributed by atoms with Gasteiger partial charge in [-0.2, -0.15) is 5.10 Å². The largest absolute Gasteiger partial charge is 0.379 e. The maximum atomic E-state index is 13.1. The van der Waals surface area contributed by atoms with E-state index < -0.39 is 0 Å². The number of hydrogen-bond acceptors (Lipinski definition) is 3. The summed E-state index contributed by atoms with van der Waals surface area (Å²) in [6.45, 7) is 2.07. The summed E-state index contributed by atoms with van der Waals surface area (Å²) in [5.41, 5.74) is 3.03. The quantitative estimate of drug-likeness (QED) is 0.744. The van der Waals surface area contributed by atoms with E-state index in [9.17, 15) is 4.79 Å². The van der Waals surface area contributed by atoms with Crippen molar-refractivity contribution in [3.8, 4) is 0 Å². The number of nitrogens with one attached hydrogen (secondary N) is 1. The fourth-order valence-electron chi connectivity index (χ4n) is 3.57. The Bertz CT molecular complexity index is 869.